The van der Waals surface area contributed by atoms with Crippen molar-refractivity contribution in [1.82, 2.24) is 15.5 Å². The van der Waals surface area contributed by atoms with Gasteiger partial charge in [0.2, 0.25) is 5.91 Å². The van der Waals surface area contributed by atoms with E-state index < -0.39 is 17.5 Å². The molecule has 1 saturated heterocycles. The maximum absolute atomic E-state index is 12.8. The van der Waals surface area contributed by atoms with Crippen LogP contribution in [0.15, 0.2) is 46.3 Å². The van der Waals surface area contributed by atoms with E-state index in [0.717, 1.165) is 14.2 Å². The number of urea groups is 1. The number of amides is 4. The first kappa shape index (κ1) is 17.6. The highest BCUT2D eigenvalue weighted by atomic mass is 79.9. The second-order valence-corrected chi connectivity index (χ2v) is 7.76. The van der Waals surface area contributed by atoms with E-state index in [0.29, 0.717) is 12.1 Å². The number of thiophene rings is 1. The van der Waals surface area contributed by atoms with E-state index >= 15 is 0 Å². The molecule has 2 N–H and O–H groups in total. The van der Waals surface area contributed by atoms with Gasteiger partial charge in [-0.15, -0.1) is 11.3 Å². The molecule has 1 atom stereocenters. The number of nitrogens with one attached hydrogen (secondary N) is 2. The van der Waals surface area contributed by atoms with Gasteiger partial charge in [0.05, 0.1) is 6.54 Å². The maximum Gasteiger partial charge on any atom is 0.325 e. The summed E-state index contributed by atoms with van der Waals surface area (Å²) in [6.45, 7) is 1.71. The van der Waals surface area contributed by atoms with E-state index in [-0.39, 0.29) is 12.5 Å². The molecule has 2 heterocycles. The van der Waals surface area contributed by atoms with E-state index in [4.69, 9.17) is 0 Å². The van der Waals surface area contributed by atoms with Crippen molar-refractivity contribution in [1.29, 1.82) is 0 Å². The molecule has 1 fully saturated rings. The molecule has 0 spiro atoms. The largest absolute Gasteiger partial charge is 0.350 e. The Balaban J connectivity index is 1.69. The maximum atomic E-state index is 12.8. The van der Waals surface area contributed by atoms with Crippen molar-refractivity contribution >= 4 is 45.1 Å². The lowest BCUT2D eigenvalue weighted by atomic mass is 9.92. The average molecular weight is 422 g/mol. The number of halogens is 1. The van der Waals surface area contributed by atoms with Crippen LogP contribution < -0.4 is 10.6 Å². The summed E-state index contributed by atoms with van der Waals surface area (Å²) < 4.78 is 0.806. The molecule has 2 aromatic rings. The van der Waals surface area contributed by atoms with Crippen LogP contribution in [0.5, 0.6) is 0 Å². The van der Waals surface area contributed by atoms with Crippen molar-refractivity contribution in [2.75, 3.05) is 6.54 Å². The minimum atomic E-state index is -1.19. The smallest absolute Gasteiger partial charge is 0.325 e. The van der Waals surface area contributed by atoms with Gasteiger partial charge in [0.25, 0.3) is 5.91 Å². The van der Waals surface area contributed by atoms with Gasteiger partial charge in [0.1, 0.15) is 12.1 Å². The average Bonchev–Trinajstić information content (AvgIpc) is 3.16. The summed E-state index contributed by atoms with van der Waals surface area (Å²) in [6, 6.07) is 10.4. The van der Waals surface area contributed by atoms with Crippen LogP contribution in [-0.2, 0) is 21.7 Å². The molecule has 0 aliphatic carbocycles. The second-order valence-electron chi connectivity index (χ2n) is 5.81. The first-order valence-corrected chi connectivity index (χ1v) is 9.26. The Morgan fingerprint density at radius 3 is 2.80 bits per heavy atom. The molecule has 1 aliphatic rings. The topological polar surface area (TPSA) is 78.5 Å². The molecule has 8 heteroatoms. The van der Waals surface area contributed by atoms with Crippen molar-refractivity contribution in [3.05, 3.63) is 56.7 Å². The molecule has 4 amide bonds. The van der Waals surface area contributed by atoms with Crippen LogP contribution >= 0.6 is 27.3 Å². The Morgan fingerprint density at radius 2 is 2.12 bits per heavy atom. The van der Waals surface area contributed by atoms with E-state index in [1.54, 1.807) is 25.1 Å². The van der Waals surface area contributed by atoms with Gasteiger partial charge in [-0.1, -0.05) is 34.1 Å². The van der Waals surface area contributed by atoms with Crippen LogP contribution in [0.4, 0.5) is 4.79 Å². The second kappa shape index (κ2) is 6.97. The van der Waals surface area contributed by atoms with Crippen molar-refractivity contribution in [2.24, 2.45) is 0 Å². The number of rotatable bonds is 5. The van der Waals surface area contributed by atoms with Gasteiger partial charge in [-0.25, -0.2) is 4.79 Å². The molecular weight excluding hydrogens is 406 g/mol. The molecule has 1 aliphatic heterocycles. The fourth-order valence-corrected chi connectivity index (χ4v) is 3.68. The van der Waals surface area contributed by atoms with Gasteiger partial charge >= 0.3 is 6.03 Å². The van der Waals surface area contributed by atoms with Gasteiger partial charge in [-0.3, -0.25) is 14.5 Å². The monoisotopic (exact) mass is 421 g/mol. The van der Waals surface area contributed by atoms with E-state index in [9.17, 15) is 14.4 Å². The lowest BCUT2D eigenvalue weighted by Gasteiger charge is -2.22. The third-order valence-electron chi connectivity index (χ3n) is 4.02. The van der Waals surface area contributed by atoms with E-state index in [1.807, 2.05) is 23.6 Å². The number of nitrogens with zero attached hydrogens (tertiary/aromatic N) is 1. The molecule has 3 rings (SSSR count). The van der Waals surface area contributed by atoms with Crippen LogP contribution in [-0.4, -0.2) is 29.3 Å². The summed E-state index contributed by atoms with van der Waals surface area (Å²) in [5, 5.41) is 7.33. The normalized spacial score (nSPS) is 19.8. The molecule has 0 saturated carbocycles. The highest BCUT2D eigenvalue weighted by Crippen LogP contribution is 2.30. The Labute approximate surface area is 157 Å². The quantitative estimate of drug-likeness (QED) is 0.728. The summed E-state index contributed by atoms with van der Waals surface area (Å²) in [7, 11) is 0. The molecule has 25 heavy (non-hydrogen) atoms. The minimum Gasteiger partial charge on any atom is -0.350 e. The first-order valence-electron chi connectivity index (χ1n) is 7.59. The van der Waals surface area contributed by atoms with Crippen LogP contribution in [0.25, 0.3) is 0 Å². The molecule has 6 nitrogen and oxygen atoms in total. The fraction of sp³-hybridized carbons (Fsp3) is 0.235. The van der Waals surface area contributed by atoms with E-state index in [2.05, 4.69) is 26.6 Å². The van der Waals surface area contributed by atoms with Gasteiger partial charge in [0, 0.05) is 9.35 Å². The molecule has 1 unspecified atom stereocenters. The van der Waals surface area contributed by atoms with Crippen LogP contribution in [0.2, 0.25) is 0 Å². The van der Waals surface area contributed by atoms with Crippen molar-refractivity contribution in [3.63, 3.8) is 0 Å². The first-order chi connectivity index (χ1) is 11.9. The van der Waals surface area contributed by atoms with E-state index in [1.165, 1.54) is 11.3 Å². The Kier molecular flexibility index (Phi) is 4.91. The number of carbonyl (C=O) groups is 3. The molecular formula is C17H16BrN3O3S. The third-order valence-corrected chi connectivity index (χ3v) is 5.39. The van der Waals surface area contributed by atoms with Crippen LogP contribution in [0.1, 0.15) is 17.4 Å². The fourth-order valence-electron chi connectivity index (χ4n) is 2.63. The summed E-state index contributed by atoms with van der Waals surface area (Å²) in [4.78, 5) is 39.1. The minimum absolute atomic E-state index is 0.306. The van der Waals surface area contributed by atoms with Gasteiger partial charge in [-0.05, 0) is 36.1 Å². The standard InChI is InChI=1S/C17H16BrN3O3S/c1-17(11-4-2-5-12(18)8-11)15(23)21(16(24)20-17)10-14(22)19-9-13-6-3-7-25-13/h2-8H,9-10H2,1H3,(H,19,22)(H,20,24). The van der Waals surface area contributed by atoms with Crippen molar-refractivity contribution < 1.29 is 14.4 Å². The molecule has 0 radical (unpaired) electrons. The SMILES string of the molecule is CC1(c2cccc(Br)c2)NC(=O)N(CC(=O)NCc2cccs2)C1=O. The highest BCUT2D eigenvalue weighted by molar-refractivity contribution is 9.10. The third kappa shape index (κ3) is 3.59. The number of hydrogen-bond donors (Lipinski definition) is 2. The highest BCUT2D eigenvalue weighted by Gasteiger charge is 2.49. The summed E-state index contributed by atoms with van der Waals surface area (Å²) in [5.41, 5.74) is -0.531. The predicted octanol–water partition coefficient (Wildman–Crippen LogP) is 2.59. The van der Waals surface area contributed by atoms with Gasteiger partial charge in [-0.2, -0.15) is 0 Å². The predicted molar refractivity (Wildman–Crippen MR) is 97.9 cm³/mol. The number of imide groups is 1. The molecule has 1 aromatic heterocycles. The summed E-state index contributed by atoms with van der Waals surface area (Å²) >= 11 is 4.89. The zero-order valence-electron chi connectivity index (χ0n) is 13.4. The molecule has 130 valence electrons. The zero-order valence-corrected chi connectivity index (χ0v) is 15.8. The van der Waals surface area contributed by atoms with Crippen molar-refractivity contribution in [2.45, 2.75) is 19.0 Å². The molecule has 0 bridgehead atoms. The molecule has 1 aromatic carbocycles. The van der Waals surface area contributed by atoms with Gasteiger partial charge < -0.3 is 10.6 Å². The summed E-state index contributed by atoms with van der Waals surface area (Å²) in [6.07, 6.45) is 0. The number of carbonyl (C=O) groups excluding carboxylic acids is 3. The lowest BCUT2D eigenvalue weighted by Crippen LogP contribution is -2.43. The van der Waals surface area contributed by atoms with Crippen LogP contribution in [0, 0.1) is 0 Å². The zero-order chi connectivity index (χ0) is 18.0. The van der Waals surface area contributed by atoms with Crippen LogP contribution in [0.3, 0.4) is 0 Å². The number of benzene rings is 1. The summed E-state index contributed by atoms with van der Waals surface area (Å²) in [5.74, 6) is -0.822. The Hall–Kier alpha value is -2.19. The Bertz CT molecular complexity index is 824. The number of hydrogen-bond acceptors (Lipinski definition) is 4. The lowest BCUT2D eigenvalue weighted by molar-refractivity contribution is -0.134. The van der Waals surface area contributed by atoms with Gasteiger partial charge in [0.15, 0.2) is 0 Å². The van der Waals surface area contributed by atoms with Crippen molar-refractivity contribution in [3.8, 4) is 0 Å². The Morgan fingerprint density at radius 1 is 1.32 bits per heavy atom.